The Kier molecular flexibility index (Phi) is 4.78. The fourth-order valence-electron chi connectivity index (χ4n) is 1.65. The van der Waals surface area contributed by atoms with E-state index in [-0.39, 0.29) is 27.5 Å². The maximum Gasteiger partial charge on any atom is 0.422 e. The van der Waals surface area contributed by atoms with Crippen LogP contribution < -0.4 is 14.2 Å². The molecule has 0 saturated carbocycles. The number of rotatable bonds is 5. The highest BCUT2D eigenvalue weighted by molar-refractivity contribution is 7.13. The van der Waals surface area contributed by atoms with Gasteiger partial charge < -0.3 is 14.2 Å². The van der Waals surface area contributed by atoms with Gasteiger partial charge in [0.05, 0.1) is 17.2 Å². The highest BCUT2D eigenvalue weighted by Gasteiger charge is 2.30. The molecule has 0 saturated heterocycles. The van der Waals surface area contributed by atoms with E-state index in [1.165, 1.54) is 13.2 Å². The number of methoxy groups -OCH3 is 1. The number of benzene rings is 1. The molecule has 0 radical (unpaired) electrons. The molecule has 4 nitrogen and oxygen atoms in total. The van der Waals surface area contributed by atoms with Gasteiger partial charge in [-0.25, -0.2) is 0 Å². The standard InChI is InChI=1S/C12H9F6NO3S/c1-20-10-9-7(22-5-12(16,17)18)2-6(3-8(9)23-19-10)21-4-11(13,14)15/h2-3H,4-5H2,1H3. The second-order valence-electron chi connectivity index (χ2n) is 4.29. The predicted molar refractivity (Wildman–Crippen MR) is 69.3 cm³/mol. The molecule has 0 atom stereocenters. The number of alkyl halides is 6. The minimum absolute atomic E-state index is 0.0181. The van der Waals surface area contributed by atoms with Gasteiger partial charge in [-0.2, -0.15) is 30.7 Å². The Balaban J connectivity index is 2.36. The molecule has 2 rings (SSSR count). The van der Waals surface area contributed by atoms with Crippen LogP contribution in [-0.4, -0.2) is 37.0 Å². The Hall–Kier alpha value is -1.91. The lowest BCUT2D eigenvalue weighted by Crippen LogP contribution is -2.20. The Morgan fingerprint density at radius 2 is 1.61 bits per heavy atom. The van der Waals surface area contributed by atoms with E-state index in [2.05, 4.69) is 13.8 Å². The van der Waals surface area contributed by atoms with Crippen LogP contribution in [0.15, 0.2) is 12.1 Å². The monoisotopic (exact) mass is 361 g/mol. The van der Waals surface area contributed by atoms with E-state index in [1.54, 1.807) is 0 Å². The first-order valence-corrected chi connectivity index (χ1v) is 6.73. The van der Waals surface area contributed by atoms with Gasteiger partial charge in [0.1, 0.15) is 11.5 Å². The molecule has 0 aliphatic rings. The van der Waals surface area contributed by atoms with Crippen LogP contribution in [0.3, 0.4) is 0 Å². The Morgan fingerprint density at radius 3 is 2.17 bits per heavy atom. The molecular formula is C12H9F6NO3S. The summed E-state index contributed by atoms with van der Waals surface area (Å²) in [4.78, 5) is 0. The molecule has 128 valence electrons. The fourth-order valence-corrected chi connectivity index (χ4v) is 2.44. The fraction of sp³-hybridized carbons (Fsp3) is 0.417. The molecule has 0 bridgehead atoms. The van der Waals surface area contributed by atoms with E-state index in [1.807, 2.05) is 0 Å². The molecule has 11 heteroatoms. The van der Waals surface area contributed by atoms with Gasteiger partial charge in [0, 0.05) is 6.07 Å². The Labute approximate surface area is 129 Å². The summed E-state index contributed by atoms with van der Waals surface area (Å²) in [5.41, 5.74) is 0. The van der Waals surface area contributed by atoms with Crippen LogP contribution in [0.1, 0.15) is 0 Å². The van der Waals surface area contributed by atoms with E-state index in [0.29, 0.717) is 0 Å². The molecule has 0 aliphatic heterocycles. The molecular weight excluding hydrogens is 352 g/mol. The van der Waals surface area contributed by atoms with Crippen molar-refractivity contribution in [3.8, 4) is 17.4 Å². The van der Waals surface area contributed by atoms with Crippen LogP contribution in [-0.2, 0) is 0 Å². The summed E-state index contributed by atoms with van der Waals surface area (Å²) in [7, 11) is 1.26. The molecule has 0 amide bonds. The minimum Gasteiger partial charge on any atom is -0.484 e. The summed E-state index contributed by atoms with van der Waals surface area (Å²) in [5, 5.41) is 0.140. The molecule has 1 aromatic heterocycles. The number of fused-ring (bicyclic) bond motifs is 1. The molecule has 1 heterocycles. The third-order valence-corrected chi connectivity index (χ3v) is 3.24. The number of nitrogens with zero attached hydrogens (tertiary/aromatic N) is 1. The number of hydrogen-bond acceptors (Lipinski definition) is 5. The van der Waals surface area contributed by atoms with Crippen molar-refractivity contribution >= 4 is 21.6 Å². The largest absolute Gasteiger partial charge is 0.484 e. The molecule has 0 unspecified atom stereocenters. The molecule has 0 N–H and O–H groups in total. The molecule has 0 spiro atoms. The number of ether oxygens (including phenoxy) is 3. The van der Waals surface area contributed by atoms with Crippen LogP contribution in [0.4, 0.5) is 26.3 Å². The first-order valence-electron chi connectivity index (χ1n) is 5.95. The molecule has 0 aliphatic carbocycles. The zero-order valence-corrected chi connectivity index (χ0v) is 12.2. The Bertz CT molecular complexity index is 682. The molecule has 1 aromatic carbocycles. The van der Waals surface area contributed by atoms with E-state index < -0.39 is 25.6 Å². The highest BCUT2D eigenvalue weighted by Crippen LogP contribution is 2.40. The highest BCUT2D eigenvalue weighted by atomic mass is 32.1. The summed E-state index contributed by atoms with van der Waals surface area (Å²) < 4.78 is 91.7. The van der Waals surface area contributed by atoms with Crippen LogP contribution >= 0.6 is 11.5 Å². The van der Waals surface area contributed by atoms with E-state index in [9.17, 15) is 26.3 Å². The van der Waals surface area contributed by atoms with Gasteiger partial charge in [-0.05, 0) is 17.6 Å². The topological polar surface area (TPSA) is 40.6 Å². The Morgan fingerprint density at radius 1 is 1.00 bits per heavy atom. The van der Waals surface area contributed by atoms with Gasteiger partial charge in [-0.1, -0.05) is 0 Å². The van der Waals surface area contributed by atoms with Crippen LogP contribution in [0, 0.1) is 0 Å². The van der Waals surface area contributed by atoms with Crippen LogP contribution in [0.25, 0.3) is 10.1 Å². The van der Waals surface area contributed by atoms with Crippen molar-refractivity contribution in [2.75, 3.05) is 20.3 Å². The average molecular weight is 361 g/mol. The first-order chi connectivity index (χ1) is 10.6. The predicted octanol–water partition coefficient (Wildman–Crippen LogP) is 4.19. The van der Waals surface area contributed by atoms with Crippen molar-refractivity contribution in [2.24, 2.45) is 0 Å². The lowest BCUT2D eigenvalue weighted by atomic mass is 10.2. The molecule has 0 fully saturated rings. The lowest BCUT2D eigenvalue weighted by Gasteiger charge is -2.13. The summed E-state index contributed by atoms with van der Waals surface area (Å²) in [6.45, 7) is -3.18. The zero-order valence-electron chi connectivity index (χ0n) is 11.4. The van der Waals surface area contributed by atoms with Gasteiger partial charge in [-0.15, -0.1) is 0 Å². The quantitative estimate of drug-likeness (QED) is 0.749. The number of hydrogen-bond donors (Lipinski definition) is 0. The van der Waals surface area contributed by atoms with Crippen molar-refractivity contribution in [1.29, 1.82) is 0 Å². The summed E-state index contributed by atoms with van der Waals surface area (Å²) in [6.07, 6.45) is -9.18. The molecule has 2 aromatic rings. The maximum absolute atomic E-state index is 12.3. The number of aromatic nitrogens is 1. The van der Waals surface area contributed by atoms with Gasteiger partial charge in [0.25, 0.3) is 0 Å². The van der Waals surface area contributed by atoms with Crippen molar-refractivity contribution in [3.63, 3.8) is 0 Å². The maximum atomic E-state index is 12.3. The van der Waals surface area contributed by atoms with Crippen molar-refractivity contribution in [1.82, 2.24) is 4.37 Å². The number of halogens is 6. The van der Waals surface area contributed by atoms with Crippen molar-refractivity contribution in [3.05, 3.63) is 12.1 Å². The average Bonchev–Trinajstić information content (AvgIpc) is 2.84. The SMILES string of the molecule is COc1nsc2cc(OCC(F)(F)F)cc(OCC(F)(F)F)c12. The third kappa shape index (κ3) is 4.78. The van der Waals surface area contributed by atoms with E-state index in [4.69, 9.17) is 4.74 Å². The van der Waals surface area contributed by atoms with E-state index >= 15 is 0 Å². The first kappa shape index (κ1) is 17.4. The normalized spacial score (nSPS) is 12.5. The molecule has 23 heavy (non-hydrogen) atoms. The second kappa shape index (κ2) is 6.30. The van der Waals surface area contributed by atoms with Gasteiger partial charge >= 0.3 is 12.4 Å². The minimum atomic E-state index is -4.61. The summed E-state index contributed by atoms with van der Waals surface area (Å²) >= 11 is 0.836. The van der Waals surface area contributed by atoms with Crippen LogP contribution in [0.5, 0.6) is 17.4 Å². The van der Waals surface area contributed by atoms with Gasteiger partial charge in [-0.3, -0.25) is 0 Å². The summed E-state index contributed by atoms with van der Waals surface area (Å²) in [5.74, 6) is -0.578. The smallest absolute Gasteiger partial charge is 0.422 e. The van der Waals surface area contributed by atoms with Gasteiger partial charge in [0.15, 0.2) is 13.2 Å². The second-order valence-corrected chi connectivity index (χ2v) is 5.10. The van der Waals surface area contributed by atoms with Crippen LogP contribution in [0.2, 0.25) is 0 Å². The van der Waals surface area contributed by atoms with E-state index in [0.717, 1.165) is 17.6 Å². The zero-order chi connectivity index (χ0) is 17.3. The lowest BCUT2D eigenvalue weighted by molar-refractivity contribution is -0.153. The third-order valence-electron chi connectivity index (χ3n) is 2.47. The van der Waals surface area contributed by atoms with Crippen molar-refractivity contribution < 1.29 is 40.6 Å². The van der Waals surface area contributed by atoms with Crippen molar-refractivity contribution in [2.45, 2.75) is 12.4 Å². The van der Waals surface area contributed by atoms with Gasteiger partial charge in [0.2, 0.25) is 5.88 Å². The summed E-state index contributed by atoms with van der Waals surface area (Å²) in [6, 6.07) is 2.17.